The Morgan fingerprint density at radius 3 is 2.12 bits per heavy atom. The van der Waals surface area contributed by atoms with E-state index in [9.17, 15) is 0 Å². The van der Waals surface area contributed by atoms with E-state index in [0.29, 0.717) is 26.4 Å². The van der Waals surface area contributed by atoms with Gasteiger partial charge in [-0.1, -0.05) is 0 Å². The lowest BCUT2D eigenvalue weighted by Crippen LogP contribution is -2.55. The minimum Gasteiger partial charge on any atom is -0.394 e. The van der Waals surface area contributed by atoms with Crippen molar-refractivity contribution in [3.8, 4) is 0 Å². The van der Waals surface area contributed by atoms with Gasteiger partial charge in [0, 0.05) is 26.9 Å². The van der Waals surface area contributed by atoms with Gasteiger partial charge in [-0.15, -0.1) is 0 Å². The van der Waals surface area contributed by atoms with Gasteiger partial charge in [0.05, 0.1) is 32.0 Å². The Morgan fingerprint density at radius 1 is 1.00 bits per heavy atom. The molecule has 0 aliphatic carbocycles. The number of aliphatic hydroxyl groups is 3. The number of nitrogens with one attached hydrogen (secondary N) is 1. The average molecular weight is 237 g/mol. The first kappa shape index (κ1) is 15.8. The molecular formula is C10H23NO5. The van der Waals surface area contributed by atoms with Crippen molar-refractivity contribution in [2.75, 3.05) is 53.3 Å². The van der Waals surface area contributed by atoms with Crippen LogP contribution in [0, 0.1) is 0 Å². The topological polar surface area (TPSA) is 91.2 Å². The number of ether oxygens (including phenoxy) is 2. The third kappa shape index (κ3) is 6.37. The van der Waals surface area contributed by atoms with E-state index >= 15 is 0 Å². The third-order valence-corrected chi connectivity index (χ3v) is 2.29. The Balaban J connectivity index is 3.48. The first-order valence-electron chi connectivity index (χ1n) is 5.39. The van der Waals surface area contributed by atoms with Crippen LogP contribution in [0.3, 0.4) is 0 Å². The van der Waals surface area contributed by atoms with E-state index in [1.165, 1.54) is 0 Å². The third-order valence-electron chi connectivity index (χ3n) is 2.29. The van der Waals surface area contributed by atoms with E-state index in [1.54, 1.807) is 7.11 Å². The lowest BCUT2D eigenvalue weighted by Gasteiger charge is -2.28. The minimum absolute atomic E-state index is 0.316. The summed E-state index contributed by atoms with van der Waals surface area (Å²) in [4.78, 5) is 0. The van der Waals surface area contributed by atoms with Crippen molar-refractivity contribution in [3.05, 3.63) is 0 Å². The lowest BCUT2D eigenvalue weighted by atomic mass is 10.0. The fourth-order valence-electron chi connectivity index (χ4n) is 1.11. The first-order chi connectivity index (χ1) is 7.74. The van der Waals surface area contributed by atoms with Gasteiger partial charge in [-0.2, -0.15) is 0 Å². The molecule has 98 valence electrons. The lowest BCUT2D eigenvalue weighted by molar-refractivity contribution is 0.0333. The molecule has 4 N–H and O–H groups in total. The van der Waals surface area contributed by atoms with Crippen molar-refractivity contribution >= 4 is 0 Å². The zero-order chi connectivity index (χ0) is 12.3. The zero-order valence-corrected chi connectivity index (χ0v) is 9.81. The maximum Gasteiger partial charge on any atom is 0.0882 e. The Labute approximate surface area is 96.2 Å². The fourth-order valence-corrected chi connectivity index (χ4v) is 1.11. The molecule has 0 amide bonds. The molecule has 0 fully saturated rings. The summed E-state index contributed by atoms with van der Waals surface area (Å²) < 4.78 is 10.1. The highest BCUT2D eigenvalue weighted by Gasteiger charge is 2.26. The highest BCUT2D eigenvalue weighted by molar-refractivity contribution is 4.85. The second kappa shape index (κ2) is 9.95. The molecule has 6 nitrogen and oxygen atoms in total. The number of methoxy groups -OCH3 is 1. The first-order valence-corrected chi connectivity index (χ1v) is 5.39. The molecule has 0 bridgehead atoms. The number of rotatable bonds is 11. The van der Waals surface area contributed by atoms with E-state index in [0.717, 1.165) is 6.42 Å². The van der Waals surface area contributed by atoms with Crippen LogP contribution in [0.25, 0.3) is 0 Å². The van der Waals surface area contributed by atoms with Crippen molar-refractivity contribution in [1.82, 2.24) is 5.32 Å². The van der Waals surface area contributed by atoms with Gasteiger partial charge in [-0.25, -0.2) is 0 Å². The van der Waals surface area contributed by atoms with Crippen molar-refractivity contribution < 1.29 is 24.8 Å². The van der Waals surface area contributed by atoms with Crippen LogP contribution in [-0.2, 0) is 9.47 Å². The second-order valence-electron chi connectivity index (χ2n) is 3.64. The van der Waals surface area contributed by atoms with Gasteiger partial charge in [-0.05, 0) is 6.42 Å². The molecule has 0 rings (SSSR count). The van der Waals surface area contributed by atoms with Crippen LogP contribution in [0.2, 0.25) is 0 Å². The molecular weight excluding hydrogens is 214 g/mol. The molecule has 16 heavy (non-hydrogen) atoms. The summed E-state index contributed by atoms with van der Waals surface area (Å²) >= 11 is 0. The van der Waals surface area contributed by atoms with Crippen molar-refractivity contribution in [1.29, 1.82) is 0 Å². The van der Waals surface area contributed by atoms with Crippen LogP contribution < -0.4 is 5.32 Å². The van der Waals surface area contributed by atoms with Gasteiger partial charge in [0.15, 0.2) is 0 Å². The summed E-state index contributed by atoms with van der Waals surface area (Å²) in [5.74, 6) is 0. The van der Waals surface area contributed by atoms with Crippen LogP contribution in [0.1, 0.15) is 6.42 Å². The SMILES string of the molecule is COCCCOCCNC(CO)(CO)CO. The van der Waals surface area contributed by atoms with Gasteiger partial charge < -0.3 is 30.1 Å². The van der Waals surface area contributed by atoms with Crippen molar-refractivity contribution in [2.45, 2.75) is 12.0 Å². The summed E-state index contributed by atoms with van der Waals surface area (Å²) in [6.07, 6.45) is 0.835. The summed E-state index contributed by atoms with van der Waals surface area (Å²) in [5.41, 5.74) is -1.02. The van der Waals surface area contributed by atoms with Crippen LogP contribution in [0.5, 0.6) is 0 Å². The highest BCUT2D eigenvalue weighted by Crippen LogP contribution is 2.00. The summed E-state index contributed by atoms with van der Waals surface area (Å²) in [6, 6.07) is 0. The fraction of sp³-hybridized carbons (Fsp3) is 1.00. The van der Waals surface area contributed by atoms with Crippen molar-refractivity contribution in [2.24, 2.45) is 0 Å². The van der Waals surface area contributed by atoms with Crippen LogP contribution >= 0.6 is 0 Å². The Morgan fingerprint density at radius 2 is 1.62 bits per heavy atom. The average Bonchev–Trinajstić information content (AvgIpc) is 2.34. The normalized spacial score (nSPS) is 12.0. The van der Waals surface area contributed by atoms with Crippen molar-refractivity contribution in [3.63, 3.8) is 0 Å². The predicted molar refractivity (Wildman–Crippen MR) is 59.3 cm³/mol. The Bertz CT molecular complexity index is 144. The molecule has 0 spiro atoms. The molecule has 0 saturated heterocycles. The molecule has 6 heteroatoms. The van der Waals surface area contributed by atoms with E-state index in [2.05, 4.69) is 5.32 Å². The van der Waals surface area contributed by atoms with E-state index < -0.39 is 5.54 Å². The smallest absolute Gasteiger partial charge is 0.0882 e. The molecule has 0 aromatic heterocycles. The van der Waals surface area contributed by atoms with Gasteiger partial charge in [-0.3, -0.25) is 0 Å². The van der Waals surface area contributed by atoms with Gasteiger partial charge in [0.25, 0.3) is 0 Å². The molecule has 0 aromatic rings. The Hall–Kier alpha value is -0.240. The molecule has 0 aromatic carbocycles. The Kier molecular flexibility index (Phi) is 9.80. The van der Waals surface area contributed by atoms with Gasteiger partial charge in [0.1, 0.15) is 0 Å². The van der Waals surface area contributed by atoms with Crippen LogP contribution in [0.4, 0.5) is 0 Å². The van der Waals surface area contributed by atoms with E-state index in [1.807, 2.05) is 0 Å². The highest BCUT2D eigenvalue weighted by atomic mass is 16.5. The molecule has 0 heterocycles. The molecule has 0 aliphatic rings. The van der Waals surface area contributed by atoms with E-state index in [-0.39, 0.29) is 19.8 Å². The number of hydrogen-bond donors (Lipinski definition) is 4. The maximum absolute atomic E-state index is 9.01. The summed E-state index contributed by atoms with van der Waals surface area (Å²) in [5, 5.41) is 29.9. The molecule has 0 aliphatic heterocycles. The van der Waals surface area contributed by atoms with Gasteiger partial charge in [0.2, 0.25) is 0 Å². The predicted octanol–water partition coefficient (Wildman–Crippen LogP) is -1.66. The van der Waals surface area contributed by atoms with Crippen LogP contribution in [-0.4, -0.2) is 74.2 Å². The zero-order valence-electron chi connectivity index (χ0n) is 9.81. The number of aliphatic hydroxyl groups excluding tert-OH is 3. The molecule has 0 atom stereocenters. The summed E-state index contributed by atoms with van der Waals surface area (Å²) in [6.45, 7) is 1.26. The van der Waals surface area contributed by atoms with Gasteiger partial charge >= 0.3 is 0 Å². The standard InChI is InChI=1S/C10H23NO5/c1-15-4-2-5-16-6-3-11-10(7-12,8-13)9-14/h11-14H,2-9H2,1H3. The second-order valence-corrected chi connectivity index (χ2v) is 3.64. The molecule has 0 saturated carbocycles. The molecule has 0 radical (unpaired) electrons. The minimum atomic E-state index is -1.02. The van der Waals surface area contributed by atoms with Crippen LogP contribution in [0.15, 0.2) is 0 Å². The summed E-state index contributed by atoms with van der Waals surface area (Å²) in [7, 11) is 1.64. The maximum atomic E-state index is 9.01. The molecule has 0 unspecified atom stereocenters. The monoisotopic (exact) mass is 237 g/mol. The quantitative estimate of drug-likeness (QED) is 0.322. The van der Waals surface area contributed by atoms with E-state index in [4.69, 9.17) is 24.8 Å². The number of hydrogen-bond acceptors (Lipinski definition) is 6. The largest absolute Gasteiger partial charge is 0.394 e.